The lowest BCUT2D eigenvalue weighted by Crippen LogP contribution is -2.44. The second-order valence-electron chi connectivity index (χ2n) is 9.36. The number of benzene rings is 1. The second kappa shape index (κ2) is 10.3. The van der Waals surface area contributed by atoms with Crippen LogP contribution in [-0.2, 0) is 7.05 Å². The van der Waals surface area contributed by atoms with E-state index in [1.807, 2.05) is 19.2 Å². The summed E-state index contributed by atoms with van der Waals surface area (Å²) in [5.74, 6) is 0.325. The Labute approximate surface area is 233 Å². The molecule has 4 aromatic heterocycles. The fourth-order valence-corrected chi connectivity index (χ4v) is 5.03. The van der Waals surface area contributed by atoms with Gasteiger partial charge in [-0.1, -0.05) is 23.2 Å². The molecule has 5 heterocycles. The molecule has 0 spiro atoms. The van der Waals surface area contributed by atoms with Crippen LogP contribution in [0.15, 0.2) is 60.2 Å². The first-order valence-corrected chi connectivity index (χ1v) is 13.0. The molecule has 1 fully saturated rings. The number of halogens is 2. The first kappa shape index (κ1) is 25.2. The Kier molecular flexibility index (Phi) is 6.63. The number of likely N-dealkylation sites (N-methyl/N-ethyl adjacent to an activating group) is 1. The second-order valence-corrected chi connectivity index (χ2v) is 10.2. The van der Waals surface area contributed by atoms with Gasteiger partial charge in [-0.25, -0.2) is 15.0 Å². The number of piperazine rings is 1. The van der Waals surface area contributed by atoms with Gasteiger partial charge in [0.25, 0.3) is 5.56 Å². The van der Waals surface area contributed by atoms with Crippen molar-refractivity contribution in [1.29, 1.82) is 0 Å². The molecule has 0 radical (unpaired) electrons. The van der Waals surface area contributed by atoms with Gasteiger partial charge >= 0.3 is 0 Å². The van der Waals surface area contributed by atoms with Gasteiger partial charge in [0.1, 0.15) is 22.6 Å². The predicted molar refractivity (Wildman–Crippen MR) is 152 cm³/mol. The molecular weight excluding hydrogens is 539 g/mol. The predicted octanol–water partition coefficient (Wildman–Crippen LogP) is 3.77. The van der Waals surface area contributed by atoms with Crippen molar-refractivity contribution >= 4 is 51.4 Å². The Bertz CT molecular complexity index is 1710. The fourth-order valence-electron chi connectivity index (χ4n) is 4.50. The number of aromatic nitrogens is 7. The van der Waals surface area contributed by atoms with E-state index in [2.05, 4.69) is 59.3 Å². The Morgan fingerprint density at radius 1 is 0.923 bits per heavy atom. The number of aryl methyl sites for hydroxylation is 1. The molecule has 0 aliphatic carbocycles. The standard InChI is InChI=1S/C26H24Cl2N10O/c1-35-7-9-37(10-8-35)17-5-3-16(4-6-17)32-26-30-11-18-22(33-26)23(21-14-36(2)15-31-21)34-38(25(18)39)24-19(27)12-29-13-20(24)28/h3-6,11-15H,7-10H2,1-2H3,(H,30,32,33). The number of fused-ring (bicyclic) bond motifs is 1. The van der Waals surface area contributed by atoms with E-state index in [1.54, 1.807) is 17.1 Å². The van der Waals surface area contributed by atoms with Gasteiger partial charge in [0.2, 0.25) is 5.95 Å². The van der Waals surface area contributed by atoms with Crippen molar-refractivity contribution in [3.8, 4) is 17.1 Å². The molecule has 11 nitrogen and oxygen atoms in total. The van der Waals surface area contributed by atoms with Crippen LogP contribution in [-0.4, -0.2) is 72.4 Å². The summed E-state index contributed by atoms with van der Waals surface area (Å²) in [6, 6.07) is 8.14. The summed E-state index contributed by atoms with van der Waals surface area (Å²) >= 11 is 12.7. The monoisotopic (exact) mass is 562 g/mol. The van der Waals surface area contributed by atoms with Crippen molar-refractivity contribution in [3.63, 3.8) is 0 Å². The first-order valence-electron chi connectivity index (χ1n) is 12.3. The third-order valence-electron chi connectivity index (χ3n) is 6.62. The fraction of sp³-hybridized carbons (Fsp3) is 0.231. The average molecular weight is 563 g/mol. The average Bonchev–Trinajstić information content (AvgIpc) is 3.36. The number of rotatable bonds is 5. The Balaban J connectivity index is 1.40. The molecule has 198 valence electrons. The maximum Gasteiger partial charge on any atom is 0.282 e. The summed E-state index contributed by atoms with van der Waals surface area (Å²) in [5.41, 5.74) is 3.00. The van der Waals surface area contributed by atoms with Gasteiger partial charge in [-0.2, -0.15) is 9.78 Å². The highest BCUT2D eigenvalue weighted by Gasteiger charge is 2.21. The molecule has 1 aliphatic rings. The molecule has 13 heteroatoms. The van der Waals surface area contributed by atoms with E-state index in [9.17, 15) is 4.79 Å². The van der Waals surface area contributed by atoms with Crippen molar-refractivity contribution in [2.45, 2.75) is 0 Å². The normalized spacial score (nSPS) is 14.2. The van der Waals surface area contributed by atoms with Crippen molar-refractivity contribution in [2.75, 3.05) is 43.4 Å². The lowest BCUT2D eigenvalue weighted by Gasteiger charge is -2.34. The van der Waals surface area contributed by atoms with Crippen LogP contribution in [0.25, 0.3) is 28.0 Å². The van der Waals surface area contributed by atoms with E-state index in [1.165, 1.54) is 24.3 Å². The van der Waals surface area contributed by atoms with E-state index in [4.69, 9.17) is 23.2 Å². The SMILES string of the molecule is CN1CCN(c2ccc(Nc3ncc4c(=O)n(-c5c(Cl)cncc5Cl)nc(-c5cn(C)cn5)c4n3)cc2)CC1. The minimum absolute atomic E-state index is 0.183. The van der Waals surface area contributed by atoms with Crippen LogP contribution in [0.3, 0.4) is 0 Å². The third kappa shape index (κ3) is 4.91. The van der Waals surface area contributed by atoms with Crippen LogP contribution in [0.2, 0.25) is 10.0 Å². The summed E-state index contributed by atoms with van der Waals surface area (Å²) in [7, 11) is 3.99. The number of nitrogens with one attached hydrogen (secondary N) is 1. The largest absolute Gasteiger partial charge is 0.369 e. The molecule has 1 aromatic carbocycles. The zero-order valence-corrected chi connectivity index (χ0v) is 22.7. The van der Waals surface area contributed by atoms with Gasteiger partial charge in [-0.3, -0.25) is 9.78 Å². The van der Waals surface area contributed by atoms with Gasteiger partial charge in [-0.15, -0.1) is 0 Å². The quantitative estimate of drug-likeness (QED) is 0.342. The number of nitrogens with zero attached hydrogens (tertiary/aromatic N) is 9. The van der Waals surface area contributed by atoms with Gasteiger partial charge in [0.05, 0.1) is 21.8 Å². The molecule has 39 heavy (non-hydrogen) atoms. The van der Waals surface area contributed by atoms with E-state index >= 15 is 0 Å². The molecule has 0 unspecified atom stereocenters. The molecule has 0 saturated carbocycles. The van der Waals surface area contributed by atoms with Crippen LogP contribution < -0.4 is 15.8 Å². The lowest BCUT2D eigenvalue weighted by molar-refractivity contribution is 0.313. The Morgan fingerprint density at radius 3 is 2.31 bits per heavy atom. The minimum Gasteiger partial charge on any atom is -0.369 e. The van der Waals surface area contributed by atoms with E-state index in [0.29, 0.717) is 22.9 Å². The van der Waals surface area contributed by atoms with Crippen LogP contribution in [0.1, 0.15) is 0 Å². The Hall–Kier alpha value is -4.06. The summed E-state index contributed by atoms with van der Waals surface area (Å²) in [4.78, 5) is 35.7. The zero-order valence-electron chi connectivity index (χ0n) is 21.2. The van der Waals surface area contributed by atoms with Gasteiger partial charge < -0.3 is 19.7 Å². The van der Waals surface area contributed by atoms with Gasteiger partial charge in [0, 0.05) is 69.4 Å². The highest BCUT2D eigenvalue weighted by molar-refractivity contribution is 6.37. The van der Waals surface area contributed by atoms with Crippen LogP contribution in [0, 0.1) is 0 Å². The first-order chi connectivity index (χ1) is 18.9. The molecule has 1 aliphatic heterocycles. The summed E-state index contributed by atoms with van der Waals surface area (Å²) in [6.45, 7) is 4.07. The molecule has 6 rings (SSSR count). The Morgan fingerprint density at radius 2 is 1.64 bits per heavy atom. The highest BCUT2D eigenvalue weighted by atomic mass is 35.5. The molecule has 1 N–H and O–H groups in total. The molecule has 0 amide bonds. The van der Waals surface area contributed by atoms with Crippen molar-refractivity contribution in [1.82, 2.24) is 39.2 Å². The number of imidazole rings is 1. The van der Waals surface area contributed by atoms with E-state index < -0.39 is 5.56 Å². The maximum absolute atomic E-state index is 13.5. The van der Waals surface area contributed by atoms with Crippen molar-refractivity contribution < 1.29 is 0 Å². The highest BCUT2D eigenvalue weighted by Crippen LogP contribution is 2.29. The van der Waals surface area contributed by atoms with E-state index in [-0.39, 0.29) is 21.1 Å². The molecule has 0 atom stereocenters. The summed E-state index contributed by atoms with van der Waals surface area (Å²) < 4.78 is 2.93. The van der Waals surface area contributed by atoms with Crippen molar-refractivity contribution in [2.24, 2.45) is 7.05 Å². The number of hydrogen-bond acceptors (Lipinski definition) is 9. The molecule has 0 bridgehead atoms. The van der Waals surface area contributed by atoms with E-state index in [0.717, 1.165) is 36.5 Å². The lowest BCUT2D eigenvalue weighted by atomic mass is 10.2. The molecule has 1 saturated heterocycles. The third-order valence-corrected chi connectivity index (χ3v) is 7.17. The number of anilines is 3. The summed E-state index contributed by atoms with van der Waals surface area (Å²) in [6.07, 6.45) is 7.71. The van der Waals surface area contributed by atoms with Gasteiger partial charge in [-0.05, 0) is 31.3 Å². The topological polar surface area (TPSA) is 110 Å². The minimum atomic E-state index is -0.470. The van der Waals surface area contributed by atoms with Crippen molar-refractivity contribution in [3.05, 3.63) is 75.8 Å². The number of hydrogen-bond donors (Lipinski definition) is 1. The summed E-state index contributed by atoms with van der Waals surface area (Å²) in [5, 5.41) is 8.44. The smallest absolute Gasteiger partial charge is 0.282 e. The van der Waals surface area contributed by atoms with Crippen LogP contribution in [0.4, 0.5) is 17.3 Å². The zero-order chi connectivity index (χ0) is 27.1. The molecule has 5 aromatic rings. The van der Waals surface area contributed by atoms with Crippen LogP contribution in [0.5, 0.6) is 0 Å². The number of pyridine rings is 1. The molecular formula is C26H24Cl2N10O. The van der Waals surface area contributed by atoms with Crippen LogP contribution >= 0.6 is 23.2 Å². The van der Waals surface area contributed by atoms with Gasteiger partial charge in [0.15, 0.2) is 0 Å². The maximum atomic E-state index is 13.5.